The third-order valence-corrected chi connectivity index (χ3v) is 6.05. The molecular formula is C29H36N4O4. The van der Waals surface area contributed by atoms with Crippen LogP contribution in [0.4, 0.5) is 17.3 Å². The molecule has 0 bridgehead atoms. The first-order chi connectivity index (χ1) is 17.7. The smallest absolute Gasteiger partial charge is 0.328 e. The van der Waals surface area contributed by atoms with Gasteiger partial charge in [-0.05, 0) is 69.9 Å². The van der Waals surface area contributed by atoms with Crippen molar-refractivity contribution in [2.24, 2.45) is 0 Å². The van der Waals surface area contributed by atoms with Crippen molar-refractivity contribution in [1.82, 2.24) is 9.97 Å². The Kier molecular flexibility index (Phi) is 9.74. The number of benzene rings is 2. The maximum Gasteiger partial charge on any atom is 0.328 e. The van der Waals surface area contributed by atoms with Crippen LogP contribution in [-0.4, -0.2) is 48.7 Å². The lowest BCUT2D eigenvalue weighted by Crippen LogP contribution is -2.46. The fraction of sp³-hybridized carbons (Fsp3) is 0.379. The molecule has 1 fully saturated rings. The van der Waals surface area contributed by atoms with Gasteiger partial charge in [-0.25, -0.2) is 14.8 Å². The number of carbonyl (C=O) groups is 2. The van der Waals surface area contributed by atoms with Gasteiger partial charge in [0.1, 0.15) is 12.6 Å². The standard InChI is InChI=1S/C15H21NO4.C14H15N3/c1-10-7-6-8-11(2)14(10)16(13(17)9-19-4)12(3)15(18)20-5;1-10-9-13(11-7-8-11)17-14(15-10)16-12-5-3-2-4-6-12/h6-8,12H,9H2,1-5H3;2-6,9,11H,7-8H2,1H3,(H,15,16,17)/t12-;/m1./s1. The summed E-state index contributed by atoms with van der Waals surface area (Å²) >= 11 is 0. The van der Waals surface area contributed by atoms with Crippen molar-refractivity contribution >= 4 is 29.2 Å². The van der Waals surface area contributed by atoms with Crippen LogP contribution in [-0.2, 0) is 19.1 Å². The lowest BCUT2D eigenvalue weighted by Gasteiger charge is -2.30. The van der Waals surface area contributed by atoms with Gasteiger partial charge in [-0.3, -0.25) is 9.69 Å². The summed E-state index contributed by atoms with van der Waals surface area (Å²) in [5, 5.41) is 3.25. The van der Waals surface area contributed by atoms with Gasteiger partial charge < -0.3 is 14.8 Å². The number of rotatable bonds is 8. The summed E-state index contributed by atoms with van der Waals surface area (Å²) in [4.78, 5) is 34.5. The van der Waals surface area contributed by atoms with Gasteiger partial charge in [-0.2, -0.15) is 0 Å². The van der Waals surface area contributed by atoms with E-state index in [1.54, 1.807) is 6.92 Å². The summed E-state index contributed by atoms with van der Waals surface area (Å²) in [6.45, 7) is 7.38. The molecule has 196 valence electrons. The van der Waals surface area contributed by atoms with E-state index < -0.39 is 12.0 Å². The third-order valence-electron chi connectivity index (χ3n) is 6.05. The molecule has 1 atom stereocenters. The van der Waals surface area contributed by atoms with Gasteiger partial charge in [0.05, 0.1) is 12.8 Å². The number of amides is 1. The number of hydrogen-bond donors (Lipinski definition) is 1. The van der Waals surface area contributed by atoms with Crippen molar-refractivity contribution in [2.45, 2.75) is 52.5 Å². The second kappa shape index (κ2) is 13.0. The molecule has 37 heavy (non-hydrogen) atoms. The van der Waals surface area contributed by atoms with E-state index in [9.17, 15) is 9.59 Å². The molecule has 1 aliphatic rings. The number of hydrogen-bond acceptors (Lipinski definition) is 7. The maximum atomic E-state index is 12.3. The molecule has 8 heteroatoms. The zero-order valence-electron chi connectivity index (χ0n) is 22.4. The van der Waals surface area contributed by atoms with Crippen LogP contribution in [0.2, 0.25) is 0 Å². The number of methoxy groups -OCH3 is 2. The van der Waals surface area contributed by atoms with Crippen LogP contribution in [0.5, 0.6) is 0 Å². The first kappa shape index (κ1) is 27.8. The monoisotopic (exact) mass is 504 g/mol. The van der Waals surface area contributed by atoms with E-state index >= 15 is 0 Å². The number of anilines is 3. The molecule has 1 N–H and O–H groups in total. The van der Waals surface area contributed by atoms with Gasteiger partial charge in [0.15, 0.2) is 0 Å². The molecule has 2 aromatic carbocycles. The summed E-state index contributed by atoms with van der Waals surface area (Å²) in [5.74, 6) is 0.631. The molecule has 1 heterocycles. The maximum absolute atomic E-state index is 12.3. The Labute approximate surface area is 219 Å². The molecule has 1 amide bonds. The minimum atomic E-state index is -0.706. The lowest BCUT2D eigenvalue weighted by atomic mass is 10.1. The van der Waals surface area contributed by atoms with Gasteiger partial charge in [0.25, 0.3) is 5.91 Å². The molecule has 4 rings (SSSR count). The van der Waals surface area contributed by atoms with E-state index in [2.05, 4.69) is 21.4 Å². The van der Waals surface area contributed by atoms with Crippen LogP contribution in [0.3, 0.4) is 0 Å². The van der Waals surface area contributed by atoms with E-state index in [4.69, 9.17) is 9.47 Å². The Morgan fingerprint density at radius 1 is 1.00 bits per heavy atom. The van der Waals surface area contributed by atoms with E-state index in [0.29, 0.717) is 11.9 Å². The summed E-state index contributed by atoms with van der Waals surface area (Å²) in [5.41, 5.74) is 5.80. The summed E-state index contributed by atoms with van der Waals surface area (Å²) < 4.78 is 9.65. The predicted molar refractivity (Wildman–Crippen MR) is 145 cm³/mol. The number of aryl methyl sites for hydroxylation is 3. The van der Waals surface area contributed by atoms with Gasteiger partial charge in [-0.1, -0.05) is 36.4 Å². The minimum absolute atomic E-state index is 0.0882. The normalized spacial score (nSPS) is 13.1. The molecule has 0 radical (unpaired) electrons. The van der Waals surface area contributed by atoms with Crippen molar-refractivity contribution in [3.63, 3.8) is 0 Å². The van der Waals surface area contributed by atoms with Crippen LogP contribution in [0.25, 0.3) is 0 Å². The Morgan fingerprint density at radius 2 is 1.65 bits per heavy atom. The molecule has 0 aliphatic heterocycles. The third kappa shape index (κ3) is 7.60. The Hall–Kier alpha value is -3.78. The van der Waals surface area contributed by atoms with Crippen molar-refractivity contribution < 1.29 is 19.1 Å². The molecule has 1 saturated carbocycles. The Bertz CT molecular complexity index is 1190. The summed E-state index contributed by atoms with van der Waals surface area (Å²) in [7, 11) is 2.76. The second-order valence-corrected chi connectivity index (χ2v) is 9.16. The highest BCUT2D eigenvalue weighted by Gasteiger charge is 2.30. The molecule has 0 saturated heterocycles. The highest BCUT2D eigenvalue weighted by molar-refractivity contribution is 6.01. The highest BCUT2D eigenvalue weighted by Crippen LogP contribution is 2.39. The largest absolute Gasteiger partial charge is 0.467 e. The lowest BCUT2D eigenvalue weighted by molar-refractivity contribution is -0.143. The first-order valence-electron chi connectivity index (χ1n) is 12.4. The average Bonchev–Trinajstić information content (AvgIpc) is 3.72. The molecule has 1 aliphatic carbocycles. The van der Waals surface area contributed by atoms with Gasteiger partial charge >= 0.3 is 5.97 Å². The molecule has 3 aromatic rings. The highest BCUT2D eigenvalue weighted by atomic mass is 16.5. The van der Waals surface area contributed by atoms with Crippen molar-refractivity contribution in [2.75, 3.05) is 31.0 Å². The molecule has 8 nitrogen and oxygen atoms in total. The fourth-order valence-corrected chi connectivity index (χ4v) is 4.08. The number of ether oxygens (including phenoxy) is 2. The van der Waals surface area contributed by atoms with E-state index in [0.717, 1.165) is 28.2 Å². The van der Waals surface area contributed by atoms with E-state index in [1.807, 2.05) is 69.3 Å². The number of para-hydroxylation sites is 2. The van der Waals surface area contributed by atoms with Gasteiger partial charge in [-0.15, -0.1) is 0 Å². The van der Waals surface area contributed by atoms with E-state index in [1.165, 1.54) is 37.7 Å². The zero-order chi connectivity index (χ0) is 26.9. The fourth-order valence-electron chi connectivity index (χ4n) is 4.08. The number of aromatic nitrogens is 2. The molecule has 1 aromatic heterocycles. The van der Waals surface area contributed by atoms with Crippen LogP contribution < -0.4 is 10.2 Å². The Morgan fingerprint density at radius 3 is 2.22 bits per heavy atom. The molecule has 0 spiro atoms. The first-order valence-corrected chi connectivity index (χ1v) is 12.4. The van der Waals surface area contributed by atoms with Crippen LogP contribution >= 0.6 is 0 Å². The number of nitrogens with one attached hydrogen (secondary N) is 1. The van der Waals surface area contributed by atoms with Crippen molar-refractivity contribution in [3.8, 4) is 0 Å². The van der Waals surface area contributed by atoms with Crippen LogP contribution in [0, 0.1) is 20.8 Å². The average molecular weight is 505 g/mol. The topological polar surface area (TPSA) is 93.7 Å². The molecular weight excluding hydrogens is 468 g/mol. The van der Waals surface area contributed by atoms with Crippen LogP contribution in [0.15, 0.2) is 54.6 Å². The zero-order valence-corrected chi connectivity index (χ0v) is 22.4. The quantitative estimate of drug-likeness (QED) is 0.419. The number of carbonyl (C=O) groups excluding carboxylic acids is 2. The van der Waals surface area contributed by atoms with Gasteiger partial charge in [0.2, 0.25) is 5.95 Å². The minimum Gasteiger partial charge on any atom is -0.467 e. The van der Waals surface area contributed by atoms with Crippen molar-refractivity contribution in [1.29, 1.82) is 0 Å². The van der Waals surface area contributed by atoms with Crippen LogP contribution in [0.1, 0.15) is 48.2 Å². The summed E-state index contributed by atoms with van der Waals surface area (Å²) in [6.07, 6.45) is 2.53. The number of nitrogens with zero attached hydrogens (tertiary/aromatic N) is 3. The second-order valence-electron chi connectivity index (χ2n) is 9.16. The van der Waals surface area contributed by atoms with Gasteiger partial charge in [0, 0.05) is 30.1 Å². The SMILES string of the molecule is COCC(=O)N(c1c(C)cccc1C)[C@H](C)C(=O)OC.Cc1cc(C2CC2)nc(Nc2ccccc2)n1. The molecule has 0 unspecified atom stereocenters. The summed E-state index contributed by atoms with van der Waals surface area (Å²) in [6, 6.07) is 17.1. The van der Waals surface area contributed by atoms with E-state index in [-0.39, 0.29) is 12.5 Å². The predicted octanol–water partition coefficient (Wildman–Crippen LogP) is 5.25. The number of esters is 1. The van der Waals surface area contributed by atoms with Crippen molar-refractivity contribution in [3.05, 3.63) is 77.1 Å². The Balaban J connectivity index is 0.000000207.